The van der Waals surface area contributed by atoms with Gasteiger partial charge in [-0.25, -0.2) is 4.79 Å². The molecule has 2 heterocycles. The van der Waals surface area contributed by atoms with Crippen molar-refractivity contribution >= 4 is 12.0 Å². The first-order chi connectivity index (χ1) is 12.1. The van der Waals surface area contributed by atoms with E-state index in [-0.39, 0.29) is 6.03 Å². The first-order valence-electron chi connectivity index (χ1n) is 10.1. The van der Waals surface area contributed by atoms with Crippen LogP contribution in [0.25, 0.3) is 0 Å². The van der Waals surface area contributed by atoms with Gasteiger partial charge in [0, 0.05) is 26.2 Å². The fourth-order valence-corrected chi connectivity index (χ4v) is 4.85. The molecule has 6 nitrogen and oxygen atoms in total. The van der Waals surface area contributed by atoms with Crippen molar-refractivity contribution in [3.8, 4) is 0 Å². The lowest BCUT2D eigenvalue weighted by molar-refractivity contribution is -0.143. The van der Waals surface area contributed by atoms with E-state index in [4.69, 9.17) is 5.11 Å². The summed E-state index contributed by atoms with van der Waals surface area (Å²) in [4.78, 5) is 27.5. The summed E-state index contributed by atoms with van der Waals surface area (Å²) in [5.41, 5.74) is 0.623. The molecule has 0 aromatic rings. The minimum absolute atomic E-state index is 0.105. The molecule has 0 aromatic carbocycles. The third-order valence-corrected chi connectivity index (χ3v) is 6.59. The Hall–Kier alpha value is -1.30. The number of amides is 2. The van der Waals surface area contributed by atoms with E-state index in [9.17, 15) is 9.59 Å². The van der Waals surface area contributed by atoms with E-state index in [1.54, 1.807) is 4.90 Å². The summed E-state index contributed by atoms with van der Waals surface area (Å²) >= 11 is 0. The Morgan fingerprint density at radius 1 is 1.00 bits per heavy atom. The van der Waals surface area contributed by atoms with E-state index >= 15 is 0 Å². The Morgan fingerprint density at radius 2 is 1.72 bits per heavy atom. The number of nitrogens with zero attached hydrogens (tertiary/aromatic N) is 2. The summed E-state index contributed by atoms with van der Waals surface area (Å²) in [6, 6.07) is -0.105. The number of carbonyl (C=O) groups is 2. The lowest BCUT2D eigenvalue weighted by Gasteiger charge is -2.44. The molecule has 2 N–H and O–H groups in total. The molecule has 1 aliphatic carbocycles. The van der Waals surface area contributed by atoms with Crippen LogP contribution in [0.3, 0.4) is 0 Å². The van der Waals surface area contributed by atoms with Crippen LogP contribution in [0.4, 0.5) is 4.79 Å². The molecule has 1 spiro atoms. The van der Waals surface area contributed by atoms with Gasteiger partial charge in [-0.15, -0.1) is 0 Å². The number of carboxylic acids is 1. The molecule has 6 heteroatoms. The van der Waals surface area contributed by atoms with Crippen molar-refractivity contribution in [2.75, 3.05) is 39.3 Å². The quantitative estimate of drug-likeness (QED) is 0.816. The van der Waals surface area contributed by atoms with Gasteiger partial charge in [0.15, 0.2) is 0 Å². The van der Waals surface area contributed by atoms with Crippen LogP contribution >= 0.6 is 0 Å². The lowest BCUT2D eigenvalue weighted by Crippen LogP contribution is -2.49. The molecule has 2 amide bonds. The number of nitrogens with one attached hydrogen (secondary N) is 1. The maximum atomic E-state index is 12.3. The molecule has 0 radical (unpaired) electrons. The third-order valence-electron chi connectivity index (χ3n) is 6.59. The fourth-order valence-electron chi connectivity index (χ4n) is 4.85. The summed E-state index contributed by atoms with van der Waals surface area (Å²) < 4.78 is 0. The molecule has 142 valence electrons. The van der Waals surface area contributed by atoms with E-state index in [1.807, 2.05) is 0 Å². The first-order valence-corrected chi connectivity index (χ1v) is 10.1. The second-order valence-electron chi connectivity index (χ2n) is 8.26. The molecule has 1 atom stereocenters. The van der Waals surface area contributed by atoms with Crippen LogP contribution in [0.5, 0.6) is 0 Å². The normalized spacial score (nSPS) is 27.2. The fraction of sp³-hybridized carbons (Fsp3) is 0.895. The van der Waals surface area contributed by atoms with Crippen LogP contribution in [0.15, 0.2) is 0 Å². The number of carbonyl (C=O) groups excluding carboxylic acids is 1. The van der Waals surface area contributed by atoms with Crippen LogP contribution in [0.1, 0.15) is 57.8 Å². The SMILES string of the molecule is O=C(O)C1CCCN(C(=O)NCCN2CCC3(CCCCC3)CC2)C1. The predicted molar refractivity (Wildman–Crippen MR) is 96.5 cm³/mol. The molecular formula is C19H33N3O3. The number of rotatable bonds is 4. The molecular weight excluding hydrogens is 318 g/mol. The summed E-state index contributed by atoms with van der Waals surface area (Å²) in [6.07, 6.45) is 11.1. The van der Waals surface area contributed by atoms with Crippen LogP contribution in [-0.2, 0) is 4.79 Å². The van der Waals surface area contributed by atoms with Gasteiger partial charge in [0.2, 0.25) is 0 Å². The number of hydrogen-bond acceptors (Lipinski definition) is 3. The van der Waals surface area contributed by atoms with Gasteiger partial charge < -0.3 is 20.2 Å². The minimum atomic E-state index is -0.789. The molecule has 1 saturated carbocycles. The van der Waals surface area contributed by atoms with Gasteiger partial charge in [-0.3, -0.25) is 4.79 Å². The van der Waals surface area contributed by atoms with E-state index in [2.05, 4.69) is 10.2 Å². The first kappa shape index (κ1) is 18.5. The third kappa shape index (κ3) is 4.87. The molecule has 3 aliphatic rings. The van der Waals surface area contributed by atoms with Crippen LogP contribution in [0.2, 0.25) is 0 Å². The Balaban J connectivity index is 1.34. The van der Waals surface area contributed by atoms with Crippen molar-refractivity contribution in [3.05, 3.63) is 0 Å². The molecule has 1 unspecified atom stereocenters. The van der Waals surface area contributed by atoms with Crippen molar-refractivity contribution < 1.29 is 14.7 Å². The van der Waals surface area contributed by atoms with E-state index in [0.717, 1.165) is 26.1 Å². The van der Waals surface area contributed by atoms with Crippen molar-refractivity contribution in [2.24, 2.45) is 11.3 Å². The standard InChI is InChI=1S/C19H33N3O3/c23-17(24)16-5-4-11-22(15-16)18(25)20-10-14-21-12-8-19(9-13-21)6-2-1-3-7-19/h16H,1-15H2,(H,20,25)(H,23,24). The molecule has 2 saturated heterocycles. The maximum Gasteiger partial charge on any atom is 0.317 e. The van der Waals surface area contributed by atoms with E-state index in [0.29, 0.717) is 31.5 Å². The lowest BCUT2D eigenvalue weighted by atomic mass is 9.68. The number of urea groups is 1. The molecule has 3 fully saturated rings. The van der Waals surface area contributed by atoms with Gasteiger partial charge in [0.1, 0.15) is 0 Å². The number of carboxylic acid groups (broad SMARTS) is 1. The monoisotopic (exact) mass is 351 g/mol. The van der Waals surface area contributed by atoms with Gasteiger partial charge in [0.05, 0.1) is 5.92 Å². The molecule has 0 aromatic heterocycles. The summed E-state index contributed by atoms with van der Waals surface area (Å²) in [5, 5.41) is 12.1. The second-order valence-corrected chi connectivity index (χ2v) is 8.26. The van der Waals surface area contributed by atoms with Gasteiger partial charge in [-0.05, 0) is 57.0 Å². The van der Waals surface area contributed by atoms with Crippen molar-refractivity contribution in [3.63, 3.8) is 0 Å². The van der Waals surface area contributed by atoms with Gasteiger partial charge in [-0.2, -0.15) is 0 Å². The highest BCUT2D eigenvalue weighted by molar-refractivity contribution is 5.76. The number of piperidine rings is 2. The minimum Gasteiger partial charge on any atom is -0.481 e. The Morgan fingerprint density at radius 3 is 2.40 bits per heavy atom. The van der Waals surface area contributed by atoms with Crippen molar-refractivity contribution in [1.82, 2.24) is 15.1 Å². The molecule has 25 heavy (non-hydrogen) atoms. The van der Waals surface area contributed by atoms with Crippen LogP contribution in [-0.4, -0.2) is 66.2 Å². The summed E-state index contributed by atoms with van der Waals surface area (Å²) in [5.74, 6) is -1.20. The number of hydrogen-bond donors (Lipinski definition) is 2. The Kier molecular flexibility index (Phi) is 6.20. The summed E-state index contributed by atoms with van der Waals surface area (Å²) in [7, 11) is 0. The Bertz CT molecular complexity index is 467. The molecule has 3 rings (SSSR count). The topological polar surface area (TPSA) is 72.9 Å². The van der Waals surface area contributed by atoms with Crippen molar-refractivity contribution in [2.45, 2.75) is 57.8 Å². The van der Waals surface area contributed by atoms with Crippen LogP contribution < -0.4 is 5.32 Å². The van der Waals surface area contributed by atoms with E-state index in [1.165, 1.54) is 44.9 Å². The molecule has 0 bridgehead atoms. The van der Waals surface area contributed by atoms with Gasteiger partial charge >= 0.3 is 12.0 Å². The zero-order valence-corrected chi connectivity index (χ0v) is 15.3. The zero-order chi connectivity index (χ0) is 17.7. The predicted octanol–water partition coefficient (Wildman–Crippen LogP) is 2.54. The van der Waals surface area contributed by atoms with Crippen LogP contribution in [0, 0.1) is 11.3 Å². The smallest absolute Gasteiger partial charge is 0.317 e. The zero-order valence-electron chi connectivity index (χ0n) is 15.3. The van der Waals surface area contributed by atoms with Gasteiger partial charge in [0.25, 0.3) is 0 Å². The maximum absolute atomic E-state index is 12.3. The van der Waals surface area contributed by atoms with E-state index < -0.39 is 11.9 Å². The highest BCUT2D eigenvalue weighted by atomic mass is 16.4. The largest absolute Gasteiger partial charge is 0.481 e. The highest BCUT2D eigenvalue weighted by Gasteiger charge is 2.35. The van der Waals surface area contributed by atoms with Crippen molar-refractivity contribution in [1.29, 1.82) is 0 Å². The average molecular weight is 351 g/mol. The number of aliphatic carboxylic acids is 1. The second kappa shape index (κ2) is 8.39. The molecule has 2 aliphatic heterocycles. The number of likely N-dealkylation sites (tertiary alicyclic amines) is 2. The average Bonchev–Trinajstić information content (AvgIpc) is 2.64. The highest BCUT2D eigenvalue weighted by Crippen LogP contribution is 2.44. The summed E-state index contributed by atoms with van der Waals surface area (Å²) in [6.45, 7) is 4.87. The Labute approximate surface area is 150 Å². The van der Waals surface area contributed by atoms with Gasteiger partial charge in [-0.1, -0.05) is 19.3 Å².